The molecular weight excluding hydrogens is 387 g/mol. The van der Waals surface area contributed by atoms with Crippen molar-refractivity contribution in [3.8, 4) is 5.75 Å². The number of fused-ring (bicyclic) bond motifs is 1. The van der Waals surface area contributed by atoms with Crippen LogP contribution in [0.4, 0.5) is 4.39 Å². The summed E-state index contributed by atoms with van der Waals surface area (Å²) in [5, 5.41) is 12.7. The number of nitrogens with zero attached hydrogens (tertiary/aromatic N) is 3. The maximum absolute atomic E-state index is 13.2. The van der Waals surface area contributed by atoms with Gasteiger partial charge >= 0.3 is 0 Å². The van der Waals surface area contributed by atoms with Gasteiger partial charge in [-0.1, -0.05) is 18.2 Å². The third kappa shape index (κ3) is 4.97. The van der Waals surface area contributed by atoms with Crippen LogP contribution in [0.25, 0.3) is 17.0 Å². The Morgan fingerprint density at radius 2 is 2.00 bits per heavy atom. The number of halogens is 1. The first-order valence-electron chi connectivity index (χ1n) is 9.29. The summed E-state index contributed by atoms with van der Waals surface area (Å²) in [6.07, 6.45) is 5.65. The van der Waals surface area contributed by atoms with Crippen LogP contribution in [0.5, 0.6) is 5.75 Å². The van der Waals surface area contributed by atoms with Crippen LogP contribution in [-0.4, -0.2) is 53.8 Å². The molecule has 0 saturated carbocycles. The summed E-state index contributed by atoms with van der Waals surface area (Å²) in [7, 11) is 4.90. The van der Waals surface area contributed by atoms with Gasteiger partial charge in [0.15, 0.2) is 11.4 Å². The van der Waals surface area contributed by atoms with E-state index in [1.54, 1.807) is 51.7 Å². The zero-order valence-electron chi connectivity index (χ0n) is 17.0. The first kappa shape index (κ1) is 21.4. The number of ether oxygens (including phenoxy) is 1. The Morgan fingerprint density at radius 3 is 2.67 bits per heavy atom. The molecule has 7 nitrogen and oxygen atoms in total. The van der Waals surface area contributed by atoms with Crippen LogP contribution in [-0.2, 0) is 11.2 Å². The molecular formula is C22H23FN4O3. The lowest BCUT2D eigenvalue weighted by molar-refractivity contribution is 0.0848. The van der Waals surface area contributed by atoms with Crippen LogP contribution in [0.15, 0.2) is 42.6 Å². The molecule has 0 bridgehead atoms. The van der Waals surface area contributed by atoms with Crippen molar-refractivity contribution < 1.29 is 19.0 Å². The van der Waals surface area contributed by atoms with E-state index >= 15 is 0 Å². The van der Waals surface area contributed by atoms with Crippen LogP contribution in [0.1, 0.15) is 27.3 Å². The number of benzene rings is 1. The quantitative estimate of drug-likeness (QED) is 0.583. The van der Waals surface area contributed by atoms with Gasteiger partial charge in [0.05, 0.1) is 12.3 Å². The molecule has 2 N–H and O–H groups in total. The van der Waals surface area contributed by atoms with Crippen molar-refractivity contribution in [3.05, 3.63) is 70.9 Å². The molecule has 0 aliphatic carbocycles. The van der Waals surface area contributed by atoms with Crippen LogP contribution in [0.2, 0.25) is 0 Å². The highest BCUT2D eigenvalue weighted by Crippen LogP contribution is 2.30. The number of aromatic hydroxyl groups is 1. The van der Waals surface area contributed by atoms with E-state index in [0.29, 0.717) is 24.1 Å². The van der Waals surface area contributed by atoms with Crippen LogP contribution in [0.3, 0.4) is 0 Å². The van der Waals surface area contributed by atoms with E-state index in [4.69, 9.17) is 4.74 Å². The van der Waals surface area contributed by atoms with Gasteiger partial charge in [0, 0.05) is 32.8 Å². The predicted molar refractivity (Wildman–Crippen MR) is 112 cm³/mol. The number of hydrogen-bond donors (Lipinski definition) is 2. The van der Waals surface area contributed by atoms with Crippen LogP contribution in [0, 0.1) is 5.82 Å². The highest BCUT2D eigenvalue weighted by atomic mass is 19.1. The molecule has 1 amide bonds. The number of nitrogens with one attached hydrogen (secondary N) is 1. The van der Waals surface area contributed by atoms with Crippen molar-refractivity contribution in [1.29, 1.82) is 0 Å². The van der Waals surface area contributed by atoms with Crippen molar-refractivity contribution in [2.75, 3.05) is 27.8 Å². The van der Waals surface area contributed by atoms with E-state index in [2.05, 4.69) is 15.4 Å². The number of rotatable bonds is 7. The average Bonchev–Trinajstić information content (AvgIpc) is 2.71. The smallest absolute Gasteiger partial charge is 0.288 e. The molecule has 0 aliphatic heterocycles. The molecule has 8 heteroatoms. The van der Waals surface area contributed by atoms with Crippen LogP contribution < -0.4 is 5.43 Å². The van der Waals surface area contributed by atoms with Gasteiger partial charge in [0.1, 0.15) is 11.3 Å². The van der Waals surface area contributed by atoms with Gasteiger partial charge in [-0.3, -0.25) is 15.2 Å². The molecule has 156 valence electrons. The Morgan fingerprint density at radius 1 is 1.27 bits per heavy atom. The largest absolute Gasteiger partial charge is 0.504 e. The Labute approximate surface area is 173 Å². The summed E-state index contributed by atoms with van der Waals surface area (Å²) < 4.78 is 18.2. The van der Waals surface area contributed by atoms with Gasteiger partial charge in [0.2, 0.25) is 0 Å². The SMILES string of the molecule is COC/C=C/c1nc(C(=O)NN(C)C)c(O)c2ncc(Cc3ccc(F)cc3)cc12. The van der Waals surface area contributed by atoms with Crippen molar-refractivity contribution in [1.82, 2.24) is 20.4 Å². The number of methoxy groups -OCH3 is 1. The lowest BCUT2D eigenvalue weighted by atomic mass is 10.0. The molecule has 3 rings (SSSR count). The Kier molecular flexibility index (Phi) is 6.71. The Bertz CT molecular complexity index is 1080. The molecule has 0 atom stereocenters. The van der Waals surface area contributed by atoms with Crippen LogP contribution >= 0.6 is 0 Å². The van der Waals surface area contributed by atoms with E-state index in [9.17, 15) is 14.3 Å². The van der Waals surface area contributed by atoms with E-state index in [0.717, 1.165) is 11.1 Å². The second-order valence-electron chi connectivity index (χ2n) is 6.93. The fourth-order valence-corrected chi connectivity index (χ4v) is 2.97. The molecule has 2 heterocycles. The number of aromatic nitrogens is 2. The van der Waals surface area contributed by atoms with E-state index in [1.165, 1.54) is 17.1 Å². The number of carbonyl (C=O) groups is 1. The third-order valence-corrected chi connectivity index (χ3v) is 4.30. The van der Waals surface area contributed by atoms with Gasteiger partial charge in [0.25, 0.3) is 5.91 Å². The average molecular weight is 410 g/mol. The van der Waals surface area contributed by atoms with E-state index in [-0.39, 0.29) is 22.8 Å². The molecule has 0 saturated heterocycles. The summed E-state index contributed by atoms with van der Waals surface area (Å²) in [5.74, 6) is -1.13. The van der Waals surface area contributed by atoms with Crippen molar-refractivity contribution in [2.24, 2.45) is 0 Å². The molecule has 1 aromatic carbocycles. The summed E-state index contributed by atoms with van der Waals surface area (Å²) in [6, 6.07) is 8.10. The molecule has 0 aliphatic rings. The van der Waals surface area contributed by atoms with Gasteiger partial charge < -0.3 is 9.84 Å². The summed E-state index contributed by atoms with van der Waals surface area (Å²) in [5.41, 5.74) is 5.00. The summed E-state index contributed by atoms with van der Waals surface area (Å²) >= 11 is 0. The molecule has 0 fully saturated rings. The molecule has 0 spiro atoms. The van der Waals surface area contributed by atoms with Crippen molar-refractivity contribution in [3.63, 3.8) is 0 Å². The van der Waals surface area contributed by atoms with Gasteiger partial charge in [-0.15, -0.1) is 0 Å². The normalized spacial score (nSPS) is 11.5. The maximum atomic E-state index is 13.2. The summed E-state index contributed by atoms with van der Waals surface area (Å²) in [4.78, 5) is 21.2. The Hall–Kier alpha value is -3.36. The predicted octanol–water partition coefficient (Wildman–Crippen LogP) is 2.93. The fourth-order valence-electron chi connectivity index (χ4n) is 2.97. The highest BCUT2D eigenvalue weighted by molar-refractivity contribution is 6.02. The third-order valence-electron chi connectivity index (χ3n) is 4.30. The molecule has 2 aromatic heterocycles. The van der Waals surface area contributed by atoms with Gasteiger partial charge in [-0.25, -0.2) is 14.4 Å². The lowest BCUT2D eigenvalue weighted by Gasteiger charge is -2.14. The number of hydrazine groups is 1. The molecule has 0 unspecified atom stereocenters. The summed E-state index contributed by atoms with van der Waals surface area (Å²) in [6.45, 7) is 0.367. The second-order valence-corrected chi connectivity index (χ2v) is 6.93. The zero-order valence-corrected chi connectivity index (χ0v) is 17.0. The highest BCUT2D eigenvalue weighted by Gasteiger charge is 2.20. The first-order chi connectivity index (χ1) is 14.4. The fraction of sp³-hybridized carbons (Fsp3) is 0.227. The number of amides is 1. The van der Waals surface area contributed by atoms with Gasteiger partial charge in [-0.2, -0.15) is 0 Å². The minimum absolute atomic E-state index is 0.118. The lowest BCUT2D eigenvalue weighted by Crippen LogP contribution is -2.36. The van der Waals surface area contributed by atoms with Gasteiger partial charge in [-0.05, 0) is 41.8 Å². The second kappa shape index (κ2) is 9.43. The molecule has 3 aromatic rings. The zero-order chi connectivity index (χ0) is 21.7. The van der Waals surface area contributed by atoms with Crippen molar-refractivity contribution in [2.45, 2.75) is 6.42 Å². The van der Waals surface area contributed by atoms with E-state index in [1.807, 2.05) is 6.07 Å². The molecule has 0 radical (unpaired) electrons. The minimum atomic E-state index is -0.544. The number of pyridine rings is 2. The number of carbonyl (C=O) groups excluding carboxylic acids is 1. The standard InChI is InChI=1S/C22H23FN4O3/c1-27(2)26-22(29)20-21(28)19-17(18(25-20)5-4-10-30-3)12-15(13-24-19)11-14-6-8-16(23)9-7-14/h4-9,12-13,28H,10-11H2,1-3H3,(H,26,29)/b5-4+. The number of hydrogen-bond acceptors (Lipinski definition) is 6. The first-order valence-corrected chi connectivity index (χ1v) is 9.29. The molecule has 30 heavy (non-hydrogen) atoms. The topological polar surface area (TPSA) is 87.6 Å². The Balaban J connectivity index is 2.08. The monoisotopic (exact) mass is 410 g/mol. The van der Waals surface area contributed by atoms with Crippen molar-refractivity contribution >= 4 is 22.9 Å². The minimum Gasteiger partial charge on any atom is -0.504 e. The maximum Gasteiger partial charge on any atom is 0.288 e. The van der Waals surface area contributed by atoms with E-state index < -0.39 is 5.91 Å².